The molecule has 3 N–H and O–H groups in total. The molecule has 1 aliphatic rings. The van der Waals surface area contributed by atoms with E-state index < -0.39 is 18.0 Å². The highest BCUT2D eigenvalue weighted by atomic mass is 16.4. The molecule has 104 valence electrons. The summed E-state index contributed by atoms with van der Waals surface area (Å²) in [5, 5.41) is 20.5. The van der Waals surface area contributed by atoms with Crippen molar-refractivity contribution in [3.05, 3.63) is 0 Å². The average molecular weight is 258 g/mol. The van der Waals surface area contributed by atoms with E-state index in [1.54, 1.807) is 0 Å². The number of amides is 2. The number of carbonyl (C=O) groups is 2. The highest BCUT2D eigenvalue weighted by Gasteiger charge is 2.31. The number of hydrogen-bond acceptors (Lipinski definition) is 3. The largest absolute Gasteiger partial charge is 0.480 e. The fourth-order valence-corrected chi connectivity index (χ4v) is 1.85. The van der Waals surface area contributed by atoms with E-state index in [0.29, 0.717) is 18.9 Å². The molecule has 0 aromatic carbocycles. The van der Waals surface area contributed by atoms with E-state index in [9.17, 15) is 9.59 Å². The second kappa shape index (κ2) is 7.20. The van der Waals surface area contributed by atoms with Crippen LogP contribution in [0.25, 0.3) is 0 Å². The maximum Gasteiger partial charge on any atom is 0.326 e. The molecule has 0 heterocycles. The first-order chi connectivity index (χ1) is 8.58. The van der Waals surface area contributed by atoms with Gasteiger partial charge in [-0.05, 0) is 18.8 Å². The molecule has 6 heteroatoms. The Morgan fingerprint density at radius 3 is 2.50 bits per heavy atom. The predicted molar refractivity (Wildman–Crippen MR) is 66.2 cm³/mol. The molecule has 0 bridgehead atoms. The van der Waals surface area contributed by atoms with Crippen LogP contribution in [0.2, 0.25) is 0 Å². The minimum atomic E-state index is -0.990. The minimum Gasteiger partial charge on any atom is -0.480 e. The third-order valence-corrected chi connectivity index (χ3v) is 3.01. The summed E-state index contributed by atoms with van der Waals surface area (Å²) in [5.41, 5.74) is 0. The lowest BCUT2D eigenvalue weighted by Gasteiger charge is -2.24. The number of nitrogens with zero attached hydrogens (tertiary/aromatic N) is 1. The van der Waals surface area contributed by atoms with Gasteiger partial charge in [0.2, 0.25) is 0 Å². The first-order valence-electron chi connectivity index (χ1n) is 6.47. The molecular formula is C12H22N2O4. The summed E-state index contributed by atoms with van der Waals surface area (Å²) in [6.07, 6.45) is 3.37. The van der Waals surface area contributed by atoms with Crippen LogP contribution in [0, 0.1) is 5.92 Å². The van der Waals surface area contributed by atoms with Gasteiger partial charge in [-0.3, -0.25) is 0 Å². The van der Waals surface area contributed by atoms with E-state index in [-0.39, 0.29) is 13.2 Å². The van der Waals surface area contributed by atoms with Crippen molar-refractivity contribution in [1.29, 1.82) is 0 Å². The van der Waals surface area contributed by atoms with E-state index in [0.717, 1.165) is 19.3 Å². The van der Waals surface area contributed by atoms with Crippen molar-refractivity contribution in [1.82, 2.24) is 10.2 Å². The zero-order valence-corrected chi connectivity index (χ0v) is 10.8. The number of carboxylic acid groups (broad SMARTS) is 1. The summed E-state index contributed by atoms with van der Waals surface area (Å²) in [6.45, 7) is 2.56. The predicted octanol–water partition coefficient (Wildman–Crippen LogP) is 0.654. The lowest BCUT2D eigenvalue weighted by molar-refractivity contribution is -0.139. The second-order valence-electron chi connectivity index (χ2n) is 4.73. The smallest absolute Gasteiger partial charge is 0.326 e. The summed E-state index contributed by atoms with van der Waals surface area (Å²) in [4.78, 5) is 24.4. The normalized spacial score (nSPS) is 16.1. The molecular weight excluding hydrogens is 236 g/mol. The molecule has 2 amide bonds. The molecule has 0 aromatic heterocycles. The lowest BCUT2D eigenvalue weighted by Crippen LogP contribution is -2.49. The van der Waals surface area contributed by atoms with Gasteiger partial charge in [-0.15, -0.1) is 0 Å². The Hall–Kier alpha value is -1.30. The van der Waals surface area contributed by atoms with Gasteiger partial charge in [-0.1, -0.05) is 19.8 Å². The molecule has 0 radical (unpaired) electrons. The van der Waals surface area contributed by atoms with Gasteiger partial charge in [0.1, 0.15) is 6.04 Å². The van der Waals surface area contributed by atoms with Crippen LogP contribution < -0.4 is 5.32 Å². The van der Waals surface area contributed by atoms with Crippen molar-refractivity contribution in [2.24, 2.45) is 5.92 Å². The number of aliphatic hydroxyl groups excluding tert-OH is 1. The van der Waals surface area contributed by atoms with Crippen LogP contribution in [0.15, 0.2) is 0 Å². The van der Waals surface area contributed by atoms with E-state index in [1.165, 1.54) is 4.90 Å². The van der Waals surface area contributed by atoms with Gasteiger partial charge >= 0.3 is 12.0 Å². The summed E-state index contributed by atoms with van der Waals surface area (Å²) in [7, 11) is 0. The average Bonchev–Trinajstić information content (AvgIpc) is 3.11. The SMILES string of the molecule is CCCN(CCO)C(=O)NC(CC1CC1)C(=O)O. The molecule has 0 saturated heterocycles. The summed E-state index contributed by atoms with van der Waals surface area (Å²) < 4.78 is 0. The Morgan fingerprint density at radius 1 is 1.39 bits per heavy atom. The third-order valence-electron chi connectivity index (χ3n) is 3.01. The standard InChI is InChI=1S/C12H22N2O4/c1-2-5-14(6-7-15)12(18)13-10(11(16)17)8-9-3-4-9/h9-10,15H,2-8H2,1H3,(H,13,18)(H,16,17). The van der Waals surface area contributed by atoms with Crippen LogP contribution in [-0.4, -0.2) is 52.9 Å². The van der Waals surface area contributed by atoms with Crippen LogP contribution >= 0.6 is 0 Å². The molecule has 1 rings (SSSR count). The monoisotopic (exact) mass is 258 g/mol. The van der Waals surface area contributed by atoms with Crippen molar-refractivity contribution >= 4 is 12.0 Å². The quantitative estimate of drug-likeness (QED) is 0.596. The molecule has 1 atom stereocenters. The maximum atomic E-state index is 11.9. The van der Waals surface area contributed by atoms with Gasteiger partial charge in [0.25, 0.3) is 0 Å². The van der Waals surface area contributed by atoms with Gasteiger partial charge in [-0.2, -0.15) is 0 Å². The van der Waals surface area contributed by atoms with Crippen molar-refractivity contribution < 1.29 is 19.8 Å². The Kier molecular flexibility index (Phi) is 5.91. The number of rotatable bonds is 8. The fraction of sp³-hybridized carbons (Fsp3) is 0.833. The second-order valence-corrected chi connectivity index (χ2v) is 4.73. The Morgan fingerprint density at radius 2 is 2.06 bits per heavy atom. The Labute approximate surface area is 107 Å². The first kappa shape index (κ1) is 14.8. The molecule has 1 aliphatic carbocycles. The van der Waals surface area contributed by atoms with Gasteiger partial charge in [-0.25, -0.2) is 9.59 Å². The van der Waals surface area contributed by atoms with E-state index >= 15 is 0 Å². The molecule has 18 heavy (non-hydrogen) atoms. The van der Waals surface area contributed by atoms with E-state index in [2.05, 4.69) is 5.32 Å². The number of hydrogen-bond donors (Lipinski definition) is 3. The van der Waals surface area contributed by atoms with Crippen molar-refractivity contribution in [2.75, 3.05) is 19.7 Å². The van der Waals surface area contributed by atoms with Crippen LogP contribution in [0.3, 0.4) is 0 Å². The van der Waals surface area contributed by atoms with Crippen molar-refractivity contribution in [3.8, 4) is 0 Å². The van der Waals surface area contributed by atoms with Crippen LogP contribution in [0.5, 0.6) is 0 Å². The van der Waals surface area contributed by atoms with Crippen LogP contribution in [-0.2, 0) is 4.79 Å². The van der Waals surface area contributed by atoms with Crippen molar-refractivity contribution in [2.45, 2.75) is 38.6 Å². The zero-order valence-electron chi connectivity index (χ0n) is 10.8. The minimum absolute atomic E-state index is 0.117. The molecule has 1 saturated carbocycles. The Balaban J connectivity index is 2.48. The number of urea groups is 1. The molecule has 1 unspecified atom stereocenters. The van der Waals surface area contributed by atoms with Crippen LogP contribution in [0.4, 0.5) is 4.79 Å². The highest BCUT2D eigenvalue weighted by Crippen LogP contribution is 2.33. The van der Waals surface area contributed by atoms with Gasteiger partial charge in [0.15, 0.2) is 0 Å². The van der Waals surface area contributed by atoms with Gasteiger partial charge in [0, 0.05) is 13.1 Å². The molecule has 1 fully saturated rings. The van der Waals surface area contributed by atoms with Crippen molar-refractivity contribution in [3.63, 3.8) is 0 Å². The summed E-state index contributed by atoms with van der Waals surface area (Å²) in [6, 6.07) is -1.22. The fourth-order valence-electron chi connectivity index (χ4n) is 1.85. The van der Waals surface area contributed by atoms with Crippen LogP contribution in [0.1, 0.15) is 32.6 Å². The summed E-state index contributed by atoms with van der Waals surface area (Å²) in [5.74, 6) is -0.556. The summed E-state index contributed by atoms with van der Waals surface area (Å²) >= 11 is 0. The molecule has 6 nitrogen and oxygen atoms in total. The highest BCUT2D eigenvalue weighted by molar-refractivity contribution is 5.82. The topological polar surface area (TPSA) is 89.9 Å². The number of aliphatic carboxylic acids is 1. The number of nitrogens with one attached hydrogen (secondary N) is 1. The zero-order chi connectivity index (χ0) is 13.5. The molecule has 0 aromatic rings. The first-order valence-corrected chi connectivity index (χ1v) is 6.47. The number of carboxylic acids is 1. The van der Waals surface area contributed by atoms with E-state index in [1.807, 2.05) is 6.92 Å². The lowest BCUT2D eigenvalue weighted by atomic mass is 10.1. The number of aliphatic hydroxyl groups is 1. The van der Waals surface area contributed by atoms with E-state index in [4.69, 9.17) is 10.2 Å². The molecule has 0 aliphatic heterocycles. The van der Waals surface area contributed by atoms with Gasteiger partial charge in [0.05, 0.1) is 6.61 Å². The van der Waals surface area contributed by atoms with Gasteiger partial charge < -0.3 is 20.4 Å². The number of carbonyl (C=O) groups excluding carboxylic acids is 1. The third kappa shape index (κ3) is 4.91. The molecule has 0 spiro atoms. The Bertz CT molecular complexity index is 286. The maximum absolute atomic E-state index is 11.9.